The Balaban J connectivity index is 2.38. The van der Waals surface area contributed by atoms with Crippen LogP contribution in [0.15, 0.2) is 24.3 Å². The van der Waals surface area contributed by atoms with Gasteiger partial charge in [0.25, 0.3) is 0 Å². The van der Waals surface area contributed by atoms with Gasteiger partial charge in [-0.15, -0.1) is 0 Å². The summed E-state index contributed by atoms with van der Waals surface area (Å²) in [6.45, 7) is 8.80. The summed E-state index contributed by atoms with van der Waals surface area (Å²) in [6, 6.07) is 8.22. The molecular weight excluding hydrogens is 212 g/mol. The van der Waals surface area contributed by atoms with Crippen molar-refractivity contribution >= 4 is 6.03 Å². The first kappa shape index (κ1) is 13.6. The second-order valence-corrected chi connectivity index (χ2v) is 4.85. The second kappa shape index (κ2) is 6.28. The Labute approximate surface area is 104 Å². The molecule has 3 heteroatoms. The fraction of sp³-hybridized carbons (Fsp3) is 0.500. The molecule has 0 spiro atoms. The maximum Gasteiger partial charge on any atom is 0.315 e. The van der Waals surface area contributed by atoms with Gasteiger partial charge in [0.2, 0.25) is 0 Å². The number of amides is 2. The lowest BCUT2D eigenvalue weighted by Gasteiger charge is -2.17. The van der Waals surface area contributed by atoms with E-state index in [0.717, 1.165) is 5.56 Å². The topological polar surface area (TPSA) is 41.1 Å². The van der Waals surface area contributed by atoms with Crippen LogP contribution in [0.4, 0.5) is 4.79 Å². The van der Waals surface area contributed by atoms with E-state index in [1.165, 1.54) is 5.56 Å². The number of carbonyl (C=O) groups is 1. The molecule has 0 saturated carbocycles. The Morgan fingerprint density at radius 3 is 2.59 bits per heavy atom. The van der Waals surface area contributed by atoms with Crippen molar-refractivity contribution in [2.24, 2.45) is 5.92 Å². The van der Waals surface area contributed by atoms with E-state index in [2.05, 4.69) is 30.5 Å². The third-order valence-electron chi connectivity index (χ3n) is 2.89. The van der Waals surface area contributed by atoms with E-state index in [1.54, 1.807) is 0 Å². The highest BCUT2D eigenvalue weighted by molar-refractivity contribution is 5.74. The summed E-state index contributed by atoms with van der Waals surface area (Å²) in [6.07, 6.45) is 0. The molecule has 1 unspecified atom stereocenters. The molecule has 0 saturated heterocycles. The minimum absolute atomic E-state index is 0.104. The molecule has 0 bridgehead atoms. The molecule has 1 atom stereocenters. The minimum Gasteiger partial charge on any atom is -0.335 e. The molecule has 2 amide bonds. The molecule has 17 heavy (non-hydrogen) atoms. The number of aryl methyl sites for hydroxylation is 1. The Morgan fingerprint density at radius 1 is 1.29 bits per heavy atom. The summed E-state index contributed by atoms with van der Waals surface area (Å²) in [5.41, 5.74) is 2.33. The summed E-state index contributed by atoms with van der Waals surface area (Å²) in [7, 11) is 0. The molecule has 0 heterocycles. The van der Waals surface area contributed by atoms with Gasteiger partial charge in [-0.1, -0.05) is 43.7 Å². The average molecular weight is 234 g/mol. The standard InChI is InChI=1S/C14H22N2O/c1-10(2)12(4)16-14(17)15-9-13-7-5-6-11(3)8-13/h5-8,10,12H,9H2,1-4H3,(H2,15,16,17). The van der Waals surface area contributed by atoms with Crippen molar-refractivity contribution in [2.45, 2.75) is 40.3 Å². The van der Waals surface area contributed by atoms with Gasteiger partial charge in [0.15, 0.2) is 0 Å². The lowest BCUT2D eigenvalue weighted by atomic mass is 10.1. The first-order valence-electron chi connectivity index (χ1n) is 6.09. The van der Waals surface area contributed by atoms with Gasteiger partial charge >= 0.3 is 6.03 Å². The first-order valence-corrected chi connectivity index (χ1v) is 6.09. The molecule has 3 nitrogen and oxygen atoms in total. The van der Waals surface area contributed by atoms with Crippen LogP contribution in [-0.4, -0.2) is 12.1 Å². The van der Waals surface area contributed by atoms with E-state index in [1.807, 2.05) is 32.0 Å². The highest BCUT2D eigenvalue weighted by Gasteiger charge is 2.09. The quantitative estimate of drug-likeness (QED) is 0.826. The predicted molar refractivity (Wildman–Crippen MR) is 70.9 cm³/mol. The van der Waals surface area contributed by atoms with E-state index in [4.69, 9.17) is 0 Å². The largest absolute Gasteiger partial charge is 0.335 e. The van der Waals surface area contributed by atoms with Crippen molar-refractivity contribution < 1.29 is 4.79 Å². The van der Waals surface area contributed by atoms with Gasteiger partial charge in [0.05, 0.1) is 0 Å². The molecule has 0 aliphatic rings. The monoisotopic (exact) mass is 234 g/mol. The Kier molecular flexibility index (Phi) is 5.01. The van der Waals surface area contributed by atoms with E-state index < -0.39 is 0 Å². The molecular formula is C14H22N2O. The van der Waals surface area contributed by atoms with Crippen LogP contribution in [0, 0.1) is 12.8 Å². The van der Waals surface area contributed by atoms with Crippen molar-refractivity contribution in [2.75, 3.05) is 0 Å². The van der Waals surface area contributed by atoms with Crippen LogP contribution in [-0.2, 0) is 6.54 Å². The number of carbonyl (C=O) groups excluding carboxylic acids is 1. The van der Waals surface area contributed by atoms with Crippen LogP contribution in [0.5, 0.6) is 0 Å². The van der Waals surface area contributed by atoms with Gasteiger partial charge in [-0.25, -0.2) is 4.79 Å². The van der Waals surface area contributed by atoms with Gasteiger partial charge in [0.1, 0.15) is 0 Å². The number of benzene rings is 1. The van der Waals surface area contributed by atoms with E-state index in [-0.39, 0.29) is 12.1 Å². The fourth-order valence-corrected chi connectivity index (χ4v) is 1.43. The van der Waals surface area contributed by atoms with Crippen LogP contribution in [0.3, 0.4) is 0 Å². The maximum absolute atomic E-state index is 11.6. The van der Waals surface area contributed by atoms with Crippen LogP contribution in [0.25, 0.3) is 0 Å². The molecule has 1 aromatic carbocycles. The van der Waals surface area contributed by atoms with Crippen molar-refractivity contribution in [3.63, 3.8) is 0 Å². The van der Waals surface area contributed by atoms with Crippen LogP contribution < -0.4 is 10.6 Å². The van der Waals surface area contributed by atoms with Gasteiger partial charge in [-0.3, -0.25) is 0 Å². The van der Waals surface area contributed by atoms with E-state index in [0.29, 0.717) is 12.5 Å². The molecule has 0 fully saturated rings. The maximum atomic E-state index is 11.6. The van der Waals surface area contributed by atoms with Gasteiger partial charge in [-0.2, -0.15) is 0 Å². The van der Waals surface area contributed by atoms with Crippen molar-refractivity contribution in [1.29, 1.82) is 0 Å². The zero-order valence-electron chi connectivity index (χ0n) is 11.1. The summed E-state index contributed by atoms with van der Waals surface area (Å²) in [4.78, 5) is 11.6. The minimum atomic E-state index is -0.104. The molecule has 0 radical (unpaired) electrons. The van der Waals surface area contributed by atoms with Crippen molar-refractivity contribution in [3.8, 4) is 0 Å². The first-order chi connectivity index (χ1) is 7.99. The second-order valence-electron chi connectivity index (χ2n) is 4.85. The Hall–Kier alpha value is -1.51. The molecule has 94 valence electrons. The number of nitrogens with one attached hydrogen (secondary N) is 2. The Morgan fingerprint density at radius 2 is 2.00 bits per heavy atom. The van der Waals surface area contributed by atoms with Gasteiger partial charge in [0, 0.05) is 12.6 Å². The molecule has 0 aliphatic heterocycles. The summed E-state index contributed by atoms with van der Waals surface area (Å²) in [5, 5.41) is 5.78. The summed E-state index contributed by atoms with van der Waals surface area (Å²) < 4.78 is 0. The fourth-order valence-electron chi connectivity index (χ4n) is 1.43. The SMILES string of the molecule is Cc1cccc(CNC(=O)NC(C)C(C)C)c1. The summed E-state index contributed by atoms with van der Waals surface area (Å²) >= 11 is 0. The Bertz CT molecular complexity index is 374. The average Bonchev–Trinajstić information content (AvgIpc) is 2.26. The number of rotatable bonds is 4. The number of urea groups is 1. The predicted octanol–water partition coefficient (Wildman–Crippen LogP) is 2.84. The smallest absolute Gasteiger partial charge is 0.315 e. The lowest BCUT2D eigenvalue weighted by Crippen LogP contribution is -2.42. The zero-order valence-corrected chi connectivity index (χ0v) is 11.1. The zero-order chi connectivity index (χ0) is 12.8. The number of hydrogen-bond donors (Lipinski definition) is 2. The highest BCUT2D eigenvalue weighted by Crippen LogP contribution is 2.03. The van der Waals surface area contributed by atoms with Gasteiger partial charge < -0.3 is 10.6 Å². The number of hydrogen-bond acceptors (Lipinski definition) is 1. The van der Waals surface area contributed by atoms with Crippen LogP contribution in [0.2, 0.25) is 0 Å². The molecule has 2 N–H and O–H groups in total. The van der Waals surface area contributed by atoms with Crippen LogP contribution in [0.1, 0.15) is 31.9 Å². The third-order valence-corrected chi connectivity index (χ3v) is 2.89. The van der Waals surface area contributed by atoms with Crippen molar-refractivity contribution in [1.82, 2.24) is 10.6 Å². The van der Waals surface area contributed by atoms with Crippen molar-refractivity contribution in [3.05, 3.63) is 35.4 Å². The lowest BCUT2D eigenvalue weighted by molar-refractivity contribution is 0.234. The molecule has 0 aliphatic carbocycles. The summed E-state index contributed by atoms with van der Waals surface area (Å²) in [5.74, 6) is 0.444. The highest BCUT2D eigenvalue weighted by atomic mass is 16.2. The van der Waals surface area contributed by atoms with Crippen LogP contribution >= 0.6 is 0 Å². The normalized spacial score (nSPS) is 12.3. The van der Waals surface area contributed by atoms with Gasteiger partial charge in [-0.05, 0) is 25.3 Å². The molecule has 1 aromatic rings. The molecule has 1 rings (SSSR count). The van der Waals surface area contributed by atoms with E-state index in [9.17, 15) is 4.79 Å². The third kappa shape index (κ3) is 4.89. The molecule has 0 aromatic heterocycles. The van der Waals surface area contributed by atoms with E-state index >= 15 is 0 Å².